The number of hydrogen-bond donors (Lipinski definition) is 0. The number of carbonyl (C=O) groups is 1. The summed E-state index contributed by atoms with van der Waals surface area (Å²) in [5.41, 5.74) is 3.36. The van der Waals surface area contributed by atoms with Crippen molar-refractivity contribution < 1.29 is 9.53 Å². The molecule has 41 heavy (non-hydrogen) atoms. The lowest BCUT2D eigenvalue weighted by Crippen LogP contribution is -2.35. The van der Waals surface area contributed by atoms with Gasteiger partial charge in [0.25, 0.3) is 0 Å². The highest BCUT2D eigenvalue weighted by Gasteiger charge is 2.30. The predicted octanol–water partition coefficient (Wildman–Crippen LogP) is 6.07. The maximum atomic E-state index is 12.6. The molecule has 8 heteroatoms. The topological polar surface area (TPSA) is 61.8 Å². The molecular formula is C33H40ClN5O2. The molecule has 0 bridgehead atoms. The number of fused-ring (bicyclic) bond motifs is 2. The molecule has 2 atom stereocenters. The highest BCUT2D eigenvalue weighted by Crippen LogP contribution is 2.37. The number of benzene rings is 2. The average Bonchev–Trinajstić information content (AvgIpc) is 3.23. The van der Waals surface area contributed by atoms with Crippen LogP contribution in [0.1, 0.15) is 50.3 Å². The van der Waals surface area contributed by atoms with Crippen LogP contribution < -0.4 is 14.5 Å². The quantitative estimate of drug-likeness (QED) is 0.318. The summed E-state index contributed by atoms with van der Waals surface area (Å²) >= 11 is 6.71. The van der Waals surface area contributed by atoms with E-state index in [0.717, 1.165) is 91.3 Å². The summed E-state index contributed by atoms with van der Waals surface area (Å²) in [6.07, 6.45) is 9.48. The zero-order chi connectivity index (χ0) is 28.3. The third-order valence-electron chi connectivity index (χ3n) is 9.03. The molecule has 0 aliphatic carbocycles. The predicted molar refractivity (Wildman–Crippen MR) is 166 cm³/mol. The molecule has 0 amide bonds. The molecule has 216 valence electrons. The Hall–Kier alpha value is -3.16. The lowest BCUT2D eigenvalue weighted by atomic mass is 9.95. The minimum Gasteiger partial charge on any atom is -0.462 e. The van der Waals surface area contributed by atoms with Crippen LogP contribution in [0.2, 0.25) is 5.02 Å². The number of likely N-dealkylation sites (tertiary alicyclic amines) is 1. The van der Waals surface area contributed by atoms with Gasteiger partial charge >= 0.3 is 6.01 Å². The molecule has 0 radical (unpaired) electrons. The second-order valence-electron chi connectivity index (χ2n) is 11.6. The minimum atomic E-state index is 0.0779. The highest BCUT2D eigenvalue weighted by molar-refractivity contribution is 6.36. The van der Waals surface area contributed by atoms with Gasteiger partial charge in [-0.25, -0.2) is 0 Å². The molecule has 0 spiro atoms. The summed E-state index contributed by atoms with van der Waals surface area (Å²) < 4.78 is 6.32. The largest absolute Gasteiger partial charge is 0.462 e. The summed E-state index contributed by atoms with van der Waals surface area (Å²) in [5.74, 6) is 1.31. The number of allylic oxidation sites excluding steroid dienone is 2. The normalized spacial score (nSPS) is 21.8. The molecular weight excluding hydrogens is 534 g/mol. The first kappa shape index (κ1) is 28.0. The van der Waals surface area contributed by atoms with E-state index in [9.17, 15) is 4.79 Å². The molecule has 0 N–H and O–H groups in total. The summed E-state index contributed by atoms with van der Waals surface area (Å²) in [7, 11) is 2.16. The van der Waals surface area contributed by atoms with E-state index in [4.69, 9.17) is 26.3 Å². The monoisotopic (exact) mass is 573 g/mol. The Kier molecular flexibility index (Phi) is 8.45. The molecule has 3 aliphatic heterocycles. The zero-order valence-corrected chi connectivity index (χ0v) is 24.9. The Morgan fingerprint density at radius 1 is 1.02 bits per heavy atom. The van der Waals surface area contributed by atoms with Gasteiger partial charge in [0.05, 0.1) is 17.3 Å². The van der Waals surface area contributed by atoms with Gasteiger partial charge in [0.15, 0.2) is 5.78 Å². The van der Waals surface area contributed by atoms with Crippen LogP contribution in [0.15, 0.2) is 48.6 Å². The van der Waals surface area contributed by atoms with Gasteiger partial charge in [0.1, 0.15) is 12.4 Å². The summed E-state index contributed by atoms with van der Waals surface area (Å²) in [6.45, 7) is 6.84. The number of ketones is 1. The van der Waals surface area contributed by atoms with Gasteiger partial charge in [-0.1, -0.05) is 41.9 Å². The fourth-order valence-corrected chi connectivity index (χ4v) is 6.99. The van der Waals surface area contributed by atoms with Crippen LogP contribution in [-0.2, 0) is 17.8 Å². The molecule has 4 heterocycles. The van der Waals surface area contributed by atoms with Crippen molar-refractivity contribution in [1.29, 1.82) is 0 Å². The minimum absolute atomic E-state index is 0.0779. The van der Waals surface area contributed by atoms with Crippen LogP contribution in [0.3, 0.4) is 0 Å². The molecule has 3 aromatic rings. The Labute approximate surface area is 248 Å². The number of aromatic nitrogens is 2. The van der Waals surface area contributed by atoms with Crippen molar-refractivity contribution in [1.82, 2.24) is 14.9 Å². The van der Waals surface area contributed by atoms with Gasteiger partial charge in [0, 0.05) is 48.2 Å². The van der Waals surface area contributed by atoms with Gasteiger partial charge in [-0.2, -0.15) is 9.97 Å². The highest BCUT2D eigenvalue weighted by atomic mass is 35.5. The van der Waals surface area contributed by atoms with E-state index < -0.39 is 0 Å². The van der Waals surface area contributed by atoms with Gasteiger partial charge < -0.3 is 19.4 Å². The molecule has 1 aromatic heterocycles. The molecule has 3 aliphatic rings. The smallest absolute Gasteiger partial charge is 0.318 e. The van der Waals surface area contributed by atoms with E-state index in [1.165, 1.54) is 12.0 Å². The number of halogens is 1. The second kappa shape index (κ2) is 12.4. The van der Waals surface area contributed by atoms with Crippen LogP contribution in [0.25, 0.3) is 10.8 Å². The molecule has 7 nitrogen and oxygen atoms in total. The van der Waals surface area contributed by atoms with Gasteiger partial charge in [-0.15, -0.1) is 0 Å². The fraction of sp³-hybridized carbons (Fsp3) is 0.485. The van der Waals surface area contributed by atoms with Crippen LogP contribution in [0.4, 0.5) is 11.5 Å². The molecule has 2 aromatic carbocycles. The Balaban J connectivity index is 1.31. The zero-order valence-electron chi connectivity index (χ0n) is 24.2. The number of carbonyl (C=O) groups excluding carboxylic acids is 1. The lowest BCUT2D eigenvalue weighted by molar-refractivity contribution is -0.118. The first-order valence-electron chi connectivity index (χ1n) is 15.1. The summed E-state index contributed by atoms with van der Waals surface area (Å²) in [5, 5.41) is 2.99. The van der Waals surface area contributed by atoms with Gasteiger partial charge in [0.2, 0.25) is 0 Å². The van der Waals surface area contributed by atoms with E-state index in [1.807, 2.05) is 25.1 Å². The van der Waals surface area contributed by atoms with E-state index >= 15 is 0 Å². The van der Waals surface area contributed by atoms with Crippen molar-refractivity contribution in [3.8, 4) is 6.01 Å². The SMILES string of the molecule is C/C=C/C(=O)C1CCCN(c2nc(OC[C@@H]3CCCN3C)nc3c2CCN(c2cccc4cccc(Cl)c24)C3)CC1. The number of hydrogen-bond acceptors (Lipinski definition) is 7. The van der Waals surface area contributed by atoms with E-state index in [-0.39, 0.29) is 11.7 Å². The molecule has 6 rings (SSSR count). The van der Waals surface area contributed by atoms with Gasteiger partial charge in [-0.05, 0) is 82.6 Å². The maximum Gasteiger partial charge on any atom is 0.318 e. The van der Waals surface area contributed by atoms with Crippen LogP contribution >= 0.6 is 11.6 Å². The van der Waals surface area contributed by atoms with Crippen molar-refractivity contribution >= 4 is 39.7 Å². The average molecular weight is 574 g/mol. The summed E-state index contributed by atoms with van der Waals surface area (Å²) in [4.78, 5) is 29.8. The lowest BCUT2D eigenvalue weighted by Gasteiger charge is -2.34. The Morgan fingerprint density at radius 2 is 1.85 bits per heavy atom. The van der Waals surface area contributed by atoms with Crippen molar-refractivity contribution in [3.63, 3.8) is 0 Å². The van der Waals surface area contributed by atoms with E-state index in [2.05, 4.69) is 46.0 Å². The van der Waals surface area contributed by atoms with Crippen molar-refractivity contribution in [3.05, 3.63) is 64.8 Å². The van der Waals surface area contributed by atoms with Crippen molar-refractivity contribution in [2.75, 3.05) is 49.6 Å². The third-order valence-corrected chi connectivity index (χ3v) is 9.35. The second-order valence-corrected chi connectivity index (χ2v) is 12.1. The van der Waals surface area contributed by atoms with Crippen molar-refractivity contribution in [2.45, 2.75) is 58.0 Å². The number of ether oxygens (including phenoxy) is 1. The van der Waals surface area contributed by atoms with Crippen molar-refractivity contribution in [2.24, 2.45) is 5.92 Å². The maximum absolute atomic E-state index is 12.6. The van der Waals surface area contributed by atoms with Crippen LogP contribution in [0.5, 0.6) is 6.01 Å². The number of rotatable bonds is 7. The molecule has 2 saturated heterocycles. The molecule has 2 fully saturated rings. The fourth-order valence-electron chi connectivity index (χ4n) is 6.71. The first-order valence-corrected chi connectivity index (χ1v) is 15.5. The van der Waals surface area contributed by atoms with Crippen LogP contribution in [-0.4, -0.2) is 66.5 Å². The number of anilines is 2. The van der Waals surface area contributed by atoms with Crippen LogP contribution in [0, 0.1) is 5.92 Å². The number of likely N-dealkylation sites (N-methyl/N-ethyl adjacent to an activating group) is 1. The standard InChI is InChI=1S/C33H40ClN5O2/c1-3-8-30(40)23-11-6-18-38(19-15-23)32-26-16-20-39(29-14-5-10-24-9-4-13-27(34)31(24)29)21-28(26)35-33(36-32)41-22-25-12-7-17-37(25)2/h3-5,8-10,13-14,23,25H,6-7,11-12,15-22H2,1-2H3/b8-3+/t23?,25-/m0/s1. The van der Waals surface area contributed by atoms with E-state index in [0.29, 0.717) is 25.2 Å². The summed E-state index contributed by atoms with van der Waals surface area (Å²) in [6, 6.07) is 13.3. The Bertz CT molecular complexity index is 1440. The molecule has 0 saturated carbocycles. The number of nitrogens with zero attached hydrogens (tertiary/aromatic N) is 5. The Morgan fingerprint density at radius 3 is 2.66 bits per heavy atom. The third kappa shape index (κ3) is 5.93. The van der Waals surface area contributed by atoms with Gasteiger partial charge in [-0.3, -0.25) is 4.79 Å². The molecule has 1 unspecified atom stereocenters. The van der Waals surface area contributed by atoms with E-state index in [1.54, 1.807) is 6.08 Å². The first-order chi connectivity index (χ1) is 20.0.